The Morgan fingerprint density at radius 3 is 2.47 bits per heavy atom. The fraction of sp³-hybridized carbons (Fsp3) is 0.241. The number of carbonyl (C=O) groups excluding carboxylic acids is 2. The Morgan fingerprint density at radius 2 is 1.74 bits per heavy atom. The van der Waals surface area contributed by atoms with Crippen LogP contribution in [0.25, 0.3) is 6.08 Å². The molecule has 0 radical (unpaired) electrons. The first kappa shape index (κ1) is 27.7. The lowest BCUT2D eigenvalue weighted by Gasteiger charge is -2.15. The van der Waals surface area contributed by atoms with Gasteiger partial charge in [-0.05, 0) is 107 Å². The van der Waals surface area contributed by atoms with Crippen molar-refractivity contribution in [3.05, 3.63) is 92.0 Å². The molecular weight excluding hydrogens is 573 g/mol. The number of benzene rings is 3. The predicted octanol–water partition coefficient (Wildman–Crippen LogP) is 7.30. The van der Waals surface area contributed by atoms with Crippen LogP contribution in [0, 0.1) is 19.7 Å². The van der Waals surface area contributed by atoms with Crippen molar-refractivity contribution in [1.29, 1.82) is 0 Å². The Kier molecular flexibility index (Phi) is 9.12. The second kappa shape index (κ2) is 12.5. The van der Waals surface area contributed by atoms with Gasteiger partial charge in [-0.1, -0.05) is 24.3 Å². The highest BCUT2D eigenvalue weighted by Gasteiger charge is 2.35. The summed E-state index contributed by atoms with van der Waals surface area (Å²) in [6, 6.07) is 15.5. The van der Waals surface area contributed by atoms with E-state index in [4.69, 9.17) is 14.2 Å². The van der Waals surface area contributed by atoms with Gasteiger partial charge in [0.15, 0.2) is 11.5 Å². The third-order valence-corrected chi connectivity index (χ3v) is 7.21. The number of amides is 2. The highest BCUT2D eigenvalue weighted by molar-refractivity contribution is 9.10. The summed E-state index contributed by atoms with van der Waals surface area (Å²) in [5.74, 6) is 1.03. The predicted molar refractivity (Wildman–Crippen MR) is 150 cm³/mol. The summed E-state index contributed by atoms with van der Waals surface area (Å²) >= 11 is 4.42. The Hall–Kier alpha value is -3.30. The Balaban J connectivity index is 1.46. The van der Waals surface area contributed by atoms with E-state index in [-0.39, 0.29) is 36.7 Å². The molecule has 1 fully saturated rings. The molecule has 1 heterocycles. The molecule has 0 bridgehead atoms. The largest absolute Gasteiger partial charge is 0.491 e. The Morgan fingerprint density at radius 1 is 0.974 bits per heavy atom. The quantitative estimate of drug-likeness (QED) is 0.228. The van der Waals surface area contributed by atoms with Crippen molar-refractivity contribution in [3.63, 3.8) is 0 Å². The van der Waals surface area contributed by atoms with Gasteiger partial charge in [0, 0.05) is 0 Å². The minimum atomic E-state index is -0.365. The molecule has 4 rings (SSSR count). The summed E-state index contributed by atoms with van der Waals surface area (Å²) in [4.78, 5) is 27.1. The van der Waals surface area contributed by atoms with Gasteiger partial charge in [-0.15, -0.1) is 0 Å². The van der Waals surface area contributed by atoms with Crippen LogP contribution in [-0.4, -0.2) is 35.8 Å². The van der Waals surface area contributed by atoms with E-state index in [1.807, 2.05) is 39.0 Å². The molecule has 0 aromatic heterocycles. The monoisotopic (exact) mass is 599 g/mol. The fourth-order valence-electron chi connectivity index (χ4n) is 3.76. The van der Waals surface area contributed by atoms with Crippen LogP contribution < -0.4 is 14.2 Å². The smallest absolute Gasteiger partial charge is 0.293 e. The van der Waals surface area contributed by atoms with Crippen LogP contribution >= 0.6 is 27.7 Å². The number of nitrogens with zero attached hydrogens (tertiary/aromatic N) is 1. The molecule has 1 saturated heterocycles. The van der Waals surface area contributed by atoms with Gasteiger partial charge in [0.2, 0.25) is 0 Å². The number of halogens is 2. The van der Waals surface area contributed by atoms with E-state index in [1.165, 1.54) is 17.0 Å². The molecule has 6 nitrogen and oxygen atoms in total. The van der Waals surface area contributed by atoms with Crippen molar-refractivity contribution in [3.8, 4) is 17.2 Å². The zero-order valence-corrected chi connectivity index (χ0v) is 23.7. The van der Waals surface area contributed by atoms with Gasteiger partial charge in [0.05, 0.1) is 22.5 Å². The molecule has 3 aromatic carbocycles. The van der Waals surface area contributed by atoms with Crippen molar-refractivity contribution in [2.75, 3.05) is 19.8 Å². The van der Waals surface area contributed by atoms with Gasteiger partial charge in [0.1, 0.15) is 24.8 Å². The van der Waals surface area contributed by atoms with Gasteiger partial charge < -0.3 is 14.2 Å². The highest BCUT2D eigenvalue weighted by atomic mass is 79.9. The van der Waals surface area contributed by atoms with Crippen LogP contribution in [0.2, 0.25) is 0 Å². The van der Waals surface area contributed by atoms with Crippen LogP contribution in [0.3, 0.4) is 0 Å². The molecule has 0 spiro atoms. The third-order valence-electron chi connectivity index (χ3n) is 5.72. The van der Waals surface area contributed by atoms with Crippen molar-refractivity contribution in [2.45, 2.75) is 27.4 Å². The van der Waals surface area contributed by atoms with E-state index in [1.54, 1.807) is 30.3 Å². The van der Waals surface area contributed by atoms with Crippen LogP contribution in [-0.2, 0) is 11.4 Å². The van der Waals surface area contributed by atoms with E-state index in [2.05, 4.69) is 15.9 Å². The van der Waals surface area contributed by atoms with Gasteiger partial charge in [-0.2, -0.15) is 0 Å². The number of rotatable bonds is 10. The molecule has 3 aromatic rings. The zero-order chi connectivity index (χ0) is 27.2. The maximum atomic E-state index is 13.2. The SMILES string of the molecule is CCOc1cc(/C=C2\SC(=O)N(CCOc3cc(C)ccc3C)C2=O)cc(Br)c1OCc1ccc(F)cc1. The average molecular weight is 601 g/mol. The minimum absolute atomic E-state index is 0.152. The fourth-order valence-corrected chi connectivity index (χ4v) is 5.20. The first-order chi connectivity index (χ1) is 18.2. The van der Waals surface area contributed by atoms with E-state index in [9.17, 15) is 14.0 Å². The maximum absolute atomic E-state index is 13.2. The summed E-state index contributed by atoms with van der Waals surface area (Å²) in [6.07, 6.45) is 1.66. The molecule has 0 unspecified atom stereocenters. The first-order valence-electron chi connectivity index (χ1n) is 12.0. The summed E-state index contributed by atoms with van der Waals surface area (Å²) in [5, 5.41) is -0.339. The molecule has 38 heavy (non-hydrogen) atoms. The zero-order valence-electron chi connectivity index (χ0n) is 21.3. The first-order valence-corrected chi connectivity index (χ1v) is 13.6. The van der Waals surface area contributed by atoms with Crippen LogP contribution in [0.4, 0.5) is 9.18 Å². The van der Waals surface area contributed by atoms with Crippen molar-refractivity contribution in [1.82, 2.24) is 4.90 Å². The van der Waals surface area contributed by atoms with E-state index in [0.29, 0.717) is 33.0 Å². The van der Waals surface area contributed by atoms with Crippen LogP contribution in [0.1, 0.15) is 29.2 Å². The summed E-state index contributed by atoms with van der Waals surface area (Å²) in [6.45, 7) is 6.77. The normalized spacial score (nSPS) is 14.3. The van der Waals surface area contributed by atoms with Gasteiger partial charge in [-0.3, -0.25) is 14.5 Å². The topological polar surface area (TPSA) is 65.1 Å². The number of ether oxygens (including phenoxy) is 3. The van der Waals surface area contributed by atoms with E-state index in [0.717, 1.165) is 34.2 Å². The number of aryl methyl sites for hydroxylation is 2. The molecule has 0 aliphatic carbocycles. The van der Waals surface area contributed by atoms with E-state index >= 15 is 0 Å². The molecule has 0 saturated carbocycles. The highest BCUT2D eigenvalue weighted by Crippen LogP contribution is 2.39. The lowest BCUT2D eigenvalue weighted by atomic mass is 10.1. The molecular formula is C29H27BrFNO5S. The van der Waals surface area contributed by atoms with Crippen LogP contribution in [0.5, 0.6) is 17.2 Å². The van der Waals surface area contributed by atoms with Crippen molar-refractivity contribution < 1.29 is 28.2 Å². The van der Waals surface area contributed by atoms with Gasteiger partial charge in [-0.25, -0.2) is 4.39 Å². The number of hydrogen-bond donors (Lipinski definition) is 0. The van der Waals surface area contributed by atoms with Crippen LogP contribution in [0.15, 0.2) is 64.0 Å². The molecule has 1 aliphatic heterocycles. The number of thioether (sulfide) groups is 1. The number of carbonyl (C=O) groups is 2. The van der Waals surface area contributed by atoms with Gasteiger partial charge >= 0.3 is 0 Å². The third kappa shape index (κ3) is 6.76. The maximum Gasteiger partial charge on any atom is 0.293 e. The molecule has 0 atom stereocenters. The summed E-state index contributed by atoms with van der Waals surface area (Å²) in [5.41, 5.74) is 3.54. The lowest BCUT2D eigenvalue weighted by molar-refractivity contribution is -0.123. The second-order valence-corrected chi connectivity index (χ2v) is 10.5. The lowest BCUT2D eigenvalue weighted by Crippen LogP contribution is -2.32. The summed E-state index contributed by atoms with van der Waals surface area (Å²) in [7, 11) is 0. The molecule has 2 amide bonds. The molecule has 1 aliphatic rings. The van der Waals surface area contributed by atoms with E-state index < -0.39 is 0 Å². The minimum Gasteiger partial charge on any atom is -0.491 e. The standard InChI is InChI=1S/C29H27BrFNO5S/c1-4-35-25-15-21(14-23(30)27(25)37-17-20-7-9-22(31)10-8-20)16-26-28(33)32(29(34)38-26)11-12-36-24-13-18(2)5-6-19(24)3/h5-10,13-16H,4,11-12,17H2,1-3H3/b26-16-. The Bertz CT molecular complexity index is 1380. The van der Waals surface area contributed by atoms with Gasteiger partial charge in [0.25, 0.3) is 11.1 Å². The molecule has 0 N–H and O–H groups in total. The number of hydrogen-bond acceptors (Lipinski definition) is 6. The Labute approximate surface area is 233 Å². The van der Waals surface area contributed by atoms with Crippen molar-refractivity contribution in [2.24, 2.45) is 0 Å². The molecule has 198 valence electrons. The summed E-state index contributed by atoms with van der Waals surface area (Å²) < 4.78 is 31.4. The number of imide groups is 1. The average Bonchev–Trinajstić information content (AvgIpc) is 3.14. The molecule has 9 heteroatoms. The second-order valence-electron chi connectivity index (χ2n) is 8.63. The van der Waals surface area contributed by atoms with Crippen molar-refractivity contribution >= 4 is 44.9 Å².